The number of benzene rings is 11. The molecule has 0 bridgehead atoms. The Morgan fingerprint density at radius 3 is 1.47 bits per heavy atom. The van der Waals surface area contributed by atoms with E-state index in [9.17, 15) is 77.5 Å². The van der Waals surface area contributed by atoms with Crippen LogP contribution < -0.4 is 145 Å². The summed E-state index contributed by atoms with van der Waals surface area (Å²) in [6.45, 7) is 0.124. The largest absolute Gasteiger partial charge is 1.00 e. The number of anilines is 3. The minimum atomic E-state index is -5.04. The minimum Gasteiger partial charge on any atom is -0.744 e. The number of Topliss-reactive ketones (excluding diaryl/α,β-unsaturated/α-hetero) is 1. The number of nitrogens with zero attached hydrogens (tertiary/aromatic N) is 11. The molecule has 1 aliphatic rings. The predicted molar refractivity (Wildman–Crippen MR) is 422 cm³/mol. The van der Waals surface area contributed by atoms with Crippen molar-refractivity contribution in [3.63, 3.8) is 0 Å². The van der Waals surface area contributed by atoms with E-state index in [1.165, 1.54) is 78.9 Å². The molecule has 13 rings (SSSR count). The zero-order valence-electron chi connectivity index (χ0n) is 63.9. The van der Waals surface area contributed by atoms with E-state index in [0.29, 0.717) is 28.4 Å². The second-order valence-electron chi connectivity index (χ2n) is 22.6. The van der Waals surface area contributed by atoms with Gasteiger partial charge in [0.25, 0.3) is 32.4 Å². The zero-order chi connectivity index (χ0) is 89.1. The van der Waals surface area contributed by atoms with E-state index in [1.54, 1.807) is 78.9 Å². The number of hydrogen-bond acceptors (Lipinski definition) is 39. The van der Waals surface area contributed by atoms with E-state index in [4.69, 9.17) is 63.2 Å². The topological polar surface area (TPSA) is 717 Å². The molecule has 11 aromatic carbocycles. The number of carbonyl (C=O) groups excluding carboxylic acids is 2. The number of hydrazone groups is 1. The summed E-state index contributed by atoms with van der Waals surface area (Å²) in [6.07, 6.45) is 4.03. The van der Waals surface area contributed by atoms with Crippen LogP contribution in [0.2, 0.25) is 0 Å². The number of carbonyl (C=O) groups is 2. The van der Waals surface area contributed by atoms with E-state index in [-0.39, 0.29) is 214 Å². The van der Waals surface area contributed by atoms with Gasteiger partial charge in [0.1, 0.15) is 48.9 Å². The zero-order valence-corrected chi connectivity index (χ0v) is 77.7. The molecule has 125 heavy (non-hydrogen) atoms. The molecule has 1 aliphatic carbocycles. The van der Waals surface area contributed by atoms with Gasteiger partial charge >= 0.3 is 156 Å². The predicted octanol–water partition coefficient (Wildman–Crippen LogP) is -1.20. The molecule has 0 spiro atoms. The summed E-state index contributed by atoms with van der Waals surface area (Å²) in [7, 11) is -27.6. The van der Waals surface area contributed by atoms with Crippen LogP contribution in [-0.2, 0) is 77.1 Å². The van der Waals surface area contributed by atoms with E-state index in [1.807, 2.05) is 42.5 Å². The van der Waals surface area contributed by atoms with Crippen molar-refractivity contribution in [1.82, 2.24) is 9.78 Å². The number of para-hydroxylation sites is 1. The molecule has 0 saturated heterocycles. The summed E-state index contributed by atoms with van der Waals surface area (Å²) in [5.41, 5.74) is 15.9. The van der Waals surface area contributed by atoms with Crippen LogP contribution in [0.1, 0.15) is 15.9 Å². The molecule has 0 unspecified atom stereocenters. The third-order valence-electron chi connectivity index (χ3n) is 14.8. The molecule has 12 aromatic rings. The Bertz CT molecular complexity index is 6990. The van der Waals surface area contributed by atoms with Crippen molar-refractivity contribution >= 4 is 186 Å². The van der Waals surface area contributed by atoms with Crippen molar-refractivity contribution in [1.29, 1.82) is 0 Å². The normalized spacial score (nSPS) is 11.6. The average Bonchev–Trinajstić information content (AvgIpc) is 1.38. The summed E-state index contributed by atoms with van der Waals surface area (Å²) in [5, 5.41) is 71.3. The number of fused-ring (bicyclic) bond motifs is 3. The van der Waals surface area contributed by atoms with Crippen LogP contribution in [0.5, 0.6) is 17.4 Å². The van der Waals surface area contributed by atoms with Crippen molar-refractivity contribution in [3.05, 3.63) is 268 Å². The first-order valence-electron chi connectivity index (χ1n) is 32.1. The molecule has 10 N–H and O–H groups in total. The minimum absolute atomic E-state index is 0. The molecule has 0 amide bonds. The van der Waals surface area contributed by atoms with Gasteiger partial charge in [-0.25, -0.2) is 21.5 Å². The standard InChI is InChI=1S/C22H15N6O6S.C16H12N4O6S.C16H12N3O4S.C16H12N2O4S.4Na.3O3S/c23-20-17(26-24-15-7-9-16(10-8-15)28(30)31)11-6-13-12-18(35(32,33)34)21(22(29)19(13)20)27-25-14-4-2-1-3-5-14;21-10-26-15-14(18-17-11-4-2-1-3-5-11)16(22)20(19-15)12-6-8-13(9-7-12)27(23,24)25;17-13-9-12(24(21,22)23)8-10-6-7-14(16(20)15(10)13)19-18-11-4-2-1-3-5-11;19-15-10-5-11-3-1-2-4-14(11)16(15)18-17-12-6-8-13(9-7-12)23(20,21)22;;;;;3*1-4(2)3/h1-10,12,29H,23H2,(H,32,33,34);1-10,19H,(H,23,24,25);1-6,8-9,18H,17H2,(H,21,22,23);1-10,19H,(H,20,21,22);;;;;;;/q-1;;-1;;4*+1;;;/p-2/b;;19-14-;;;;;;;;. The van der Waals surface area contributed by atoms with E-state index in [2.05, 4.69) is 68.7 Å². The van der Waals surface area contributed by atoms with Crippen LogP contribution in [0.3, 0.4) is 0 Å². The van der Waals surface area contributed by atoms with Gasteiger partial charge in [0, 0.05) is 33.8 Å². The smallest absolute Gasteiger partial charge is 0.744 e. The molecule has 1 aromatic heterocycles. The fourth-order valence-electron chi connectivity index (χ4n) is 9.66. The Labute approximate surface area is 798 Å². The maximum Gasteiger partial charge on any atom is 1.00 e. The molecule has 44 nitrogen and oxygen atoms in total. The number of ether oxygens (including phenoxy) is 1. The number of phenolic OH excluding ortho intramolecular Hbond substituents is 2. The van der Waals surface area contributed by atoms with Crippen LogP contribution in [0.4, 0.5) is 68.2 Å². The van der Waals surface area contributed by atoms with Crippen LogP contribution in [0, 0.1) is 22.3 Å². The number of nitrogen functional groups attached to an aromatic ring is 2. The monoisotopic (exact) mass is 1880 g/mol. The second kappa shape index (κ2) is 50.1. The Morgan fingerprint density at radius 2 is 0.984 bits per heavy atom. The summed E-state index contributed by atoms with van der Waals surface area (Å²) in [6, 6.07) is 59.1. The maximum atomic E-state index is 12.6. The molecule has 0 fully saturated rings. The van der Waals surface area contributed by atoms with Crippen molar-refractivity contribution in [3.8, 4) is 23.1 Å². The number of azo groups is 4. The third-order valence-corrected chi connectivity index (χ3v) is 18.2. The Morgan fingerprint density at radius 1 is 0.528 bits per heavy atom. The fraction of sp³-hybridized carbons (Fsp3) is 0. The van der Waals surface area contributed by atoms with Crippen LogP contribution in [0.25, 0.3) is 33.3 Å². The van der Waals surface area contributed by atoms with Crippen molar-refractivity contribution in [2.24, 2.45) is 46.0 Å². The number of nitrogens with two attached hydrogens (primary N) is 2. The first-order valence-corrected chi connectivity index (χ1v) is 40.8. The van der Waals surface area contributed by atoms with Crippen LogP contribution in [0.15, 0.2) is 295 Å². The van der Waals surface area contributed by atoms with E-state index in [0.717, 1.165) is 45.8 Å². The van der Waals surface area contributed by atoms with Gasteiger partial charge in [-0.1, -0.05) is 108 Å². The summed E-state index contributed by atoms with van der Waals surface area (Å²) in [5.74, 6) is -1.42. The molecular weight excluding hydrogens is 1830 g/mol. The molecule has 0 atom stereocenters. The van der Waals surface area contributed by atoms with Gasteiger partial charge in [0.15, 0.2) is 0 Å². The first kappa shape index (κ1) is 108. The van der Waals surface area contributed by atoms with Crippen molar-refractivity contribution in [2.45, 2.75) is 19.6 Å². The van der Waals surface area contributed by atoms with Crippen molar-refractivity contribution in [2.75, 3.05) is 16.9 Å². The SMILES string of the molecule is Nc1c(N=Nc2ccc([N+](=O)[O-])cc2)[c-]cc2cc(S(=O)(=O)[O-])c(N=Nc3ccccc3)c(O)c12.Nc1cc(S(=O)(=O)[O-])cc2c1C(=O)/C(=N\Nc1ccccc1)[C-]=C2.O=COc1[nH]n(-c2ccc(S(=O)(=O)O)cc2)c(=O)c1N=Nc1ccccc1.O=S(=O)(O)c1ccc(N=Nc2c(O)ccc3ccccc23)cc1.O=S(=O)=O.O=S(=O)=O.O=S(=O)=O.[Na+].[Na+].[Na+].[Na+]. The molecule has 0 saturated carbocycles. The number of rotatable bonds is 18. The van der Waals surface area contributed by atoms with Crippen molar-refractivity contribution < 1.29 is 237 Å². The summed E-state index contributed by atoms with van der Waals surface area (Å²) in [4.78, 5) is 44.1. The van der Waals surface area contributed by atoms with Gasteiger partial charge in [-0.3, -0.25) is 39.3 Å². The third kappa shape index (κ3) is 33.0. The second-order valence-corrected chi connectivity index (χ2v) is 29.4. The number of hydrogen-bond donors (Lipinski definition) is 8. The number of nitro benzene ring substituents is 1. The summed E-state index contributed by atoms with van der Waals surface area (Å²) < 4.78 is 213. The quantitative estimate of drug-likeness (QED) is 0.00731. The van der Waals surface area contributed by atoms with Crippen LogP contribution >= 0.6 is 0 Å². The number of ketones is 1. The number of aromatic nitrogens is 2. The molecular formula is C70H49N15Na4O29S7. The number of non-ortho nitro benzene ring substituents is 1. The summed E-state index contributed by atoms with van der Waals surface area (Å²) >= 11 is 0. The Kier molecular flexibility index (Phi) is 43.3. The molecule has 624 valence electrons. The average molecular weight is 1880 g/mol. The Balaban J connectivity index is 0.000000411. The number of H-pyrrole nitrogens is 1. The molecule has 0 aliphatic heterocycles. The van der Waals surface area contributed by atoms with Gasteiger partial charge in [0.2, 0.25) is 11.6 Å². The number of phenols is 2. The van der Waals surface area contributed by atoms with Gasteiger partial charge < -0.3 is 40.3 Å². The first-order chi connectivity index (χ1) is 57.0. The van der Waals surface area contributed by atoms with Gasteiger partial charge in [-0.15, -0.1) is 64.2 Å². The molecule has 55 heteroatoms. The number of nitrogens with one attached hydrogen (secondary N) is 2. The maximum absolute atomic E-state index is 12.6. The van der Waals surface area contributed by atoms with Gasteiger partial charge in [0.05, 0.1) is 53.7 Å². The van der Waals surface area contributed by atoms with E-state index >= 15 is 0 Å². The Hall–Kier alpha value is -11.2. The fourth-order valence-corrected chi connectivity index (χ4v) is 11.8. The number of allylic oxidation sites excluding steroid dienone is 1. The van der Waals surface area contributed by atoms with Crippen LogP contribution in [-0.4, -0.2) is 133 Å². The molecule has 1 heterocycles. The van der Waals surface area contributed by atoms with Gasteiger partial charge in [-0.05, 0) is 126 Å². The number of nitro groups is 1. The number of aromatic hydroxyl groups is 2. The van der Waals surface area contributed by atoms with E-state index < -0.39 is 110 Å². The number of aromatic amines is 1. The molecule has 0 radical (unpaired) electrons. The van der Waals surface area contributed by atoms with Gasteiger partial charge in [-0.2, -0.15) is 71.8 Å².